The molecule has 0 amide bonds. The van der Waals surface area contributed by atoms with Gasteiger partial charge in [-0.15, -0.1) is 0 Å². The fraction of sp³-hybridized carbons (Fsp3) is 0.909. The summed E-state index contributed by atoms with van der Waals surface area (Å²) in [6.07, 6.45) is 3.36. The van der Waals surface area contributed by atoms with Crippen molar-refractivity contribution in [3.05, 3.63) is 0 Å². The Morgan fingerprint density at radius 2 is 2.20 bits per heavy atom. The summed E-state index contributed by atoms with van der Waals surface area (Å²) in [5, 5.41) is 0. The van der Waals surface area contributed by atoms with Gasteiger partial charge in [0, 0.05) is 20.3 Å². The summed E-state index contributed by atoms with van der Waals surface area (Å²) in [6, 6.07) is 0. The van der Waals surface area contributed by atoms with E-state index in [0.717, 1.165) is 32.7 Å². The van der Waals surface area contributed by atoms with Crippen molar-refractivity contribution in [3.8, 4) is 0 Å². The smallest absolute Gasteiger partial charge is 0.154 e. The van der Waals surface area contributed by atoms with Crippen LogP contribution in [0.5, 0.6) is 0 Å². The highest BCUT2D eigenvalue weighted by Gasteiger charge is 2.12. The van der Waals surface area contributed by atoms with E-state index in [0.29, 0.717) is 13.2 Å². The molecule has 0 saturated carbocycles. The highest BCUT2D eigenvalue weighted by atomic mass is 16.5. The van der Waals surface area contributed by atoms with Crippen molar-refractivity contribution in [1.82, 2.24) is 4.90 Å². The van der Waals surface area contributed by atoms with Crippen LogP contribution >= 0.6 is 0 Å². The van der Waals surface area contributed by atoms with Crippen molar-refractivity contribution >= 4 is 6.21 Å². The zero-order valence-corrected chi connectivity index (χ0v) is 9.95. The van der Waals surface area contributed by atoms with E-state index >= 15 is 0 Å². The molecular formula is C11H23N2O2+. The zero-order valence-electron chi connectivity index (χ0n) is 9.95. The number of ether oxygens (including phenoxy) is 2. The first-order valence-corrected chi connectivity index (χ1v) is 5.65. The minimum atomic E-state index is 0.697. The molecule has 4 heteroatoms. The van der Waals surface area contributed by atoms with E-state index in [1.807, 2.05) is 0 Å². The average molecular weight is 215 g/mol. The lowest BCUT2D eigenvalue weighted by atomic mass is 10.3. The van der Waals surface area contributed by atoms with Crippen molar-refractivity contribution in [2.45, 2.75) is 6.42 Å². The van der Waals surface area contributed by atoms with Gasteiger partial charge >= 0.3 is 0 Å². The second-order valence-electron chi connectivity index (χ2n) is 3.92. The van der Waals surface area contributed by atoms with Crippen LogP contribution in [0.15, 0.2) is 0 Å². The highest BCUT2D eigenvalue weighted by Crippen LogP contribution is 1.95. The van der Waals surface area contributed by atoms with Gasteiger partial charge in [0.1, 0.15) is 7.05 Å². The van der Waals surface area contributed by atoms with Gasteiger partial charge in [-0.1, -0.05) is 0 Å². The van der Waals surface area contributed by atoms with Crippen LogP contribution in [0, 0.1) is 0 Å². The maximum absolute atomic E-state index is 5.41. The number of likely N-dealkylation sites (N-methyl/N-ethyl adjacent to an activating group) is 1. The van der Waals surface area contributed by atoms with Crippen LogP contribution in [0.4, 0.5) is 0 Å². The molecule has 0 aliphatic carbocycles. The van der Waals surface area contributed by atoms with Crippen molar-refractivity contribution in [3.63, 3.8) is 0 Å². The minimum Gasteiger partial charge on any atom is -0.382 e. The van der Waals surface area contributed by atoms with Crippen LogP contribution in [-0.2, 0) is 9.47 Å². The first-order valence-electron chi connectivity index (χ1n) is 5.65. The molecule has 1 aliphatic heterocycles. The second kappa shape index (κ2) is 7.79. The molecule has 0 N–H and O–H groups in total. The highest BCUT2D eigenvalue weighted by molar-refractivity contribution is 5.54. The van der Waals surface area contributed by atoms with Crippen molar-refractivity contribution < 1.29 is 14.0 Å². The predicted molar refractivity (Wildman–Crippen MR) is 60.9 cm³/mol. The summed E-state index contributed by atoms with van der Waals surface area (Å²) in [5.41, 5.74) is 0. The average Bonchev–Trinajstić information content (AvgIpc) is 2.26. The Balaban J connectivity index is 1.92. The molecule has 88 valence electrons. The SMILES string of the molecule is COCCOCCCN1CC=[N+](C)CC1. The van der Waals surface area contributed by atoms with Gasteiger partial charge in [0.25, 0.3) is 0 Å². The van der Waals surface area contributed by atoms with Crippen LogP contribution in [0.2, 0.25) is 0 Å². The molecule has 0 aromatic rings. The summed E-state index contributed by atoms with van der Waals surface area (Å²) in [5.74, 6) is 0. The zero-order chi connectivity index (χ0) is 10.9. The molecule has 0 radical (unpaired) electrons. The van der Waals surface area contributed by atoms with Crippen LogP contribution in [0.3, 0.4) is 0 Å². The van der Waals surface area contributed by atoms with Crippen LogP contribution in [-0.4, -0.2) is 75.8 Å². The number of rotatable bonds is 7. The molecule has 15 heavy (non-hydrogen) atoms. The largest absolute Gasteiger partial charge is 0.382 e. The lowest BCUT2D eigenvalue weighted by Crippen LogP contribution is -2.39. The Labute approximate surface area is 92.5 Å². The normalized spacial score (nSPS) is 17.9. The van der Waals surface area contributed by atoms with Gasteiger partial charge in [-0.25, -0.2) is 4.58 Å². The number of methoxy groups -OCH3 is 1. The quantitative estimate of drug-likeness (QED) is 0.444. The van der Waals surface area contributed by atoms with E-state index in [1.54, 1.807) is 7.11 Å². The van der Waals surface area contributed by atoms with E-state index in [-0.39, 0.29) is 0 Å². The lowest BCUT2D eigenvalue weighted by Gasteiger charge is -2.21. The molecule has 0 fully saturated rings. The molecule has 4 nitrogen and oxygen atoms in total. The van der Waals surface area contributed by atoms with Gasteiger partial charge in [-0.05, 0) is 6.42 Å². The second-order valence-corrected chi connectivity index (χ2v) is 3.92. The van der Waals surface area contributed by atoms with Gasteiger partial charge in [0.15, 0.2) is 12.8 Å². The molecule has 0 atom stereocenters. The van der Waals surface area contributed by atoms with E-state index in [2.05, 4.69) is 22.7 Å². The maximum atomic E-state index is 5.41. The number of hydrogen-bond acceptors (Lipinski definition) is 3. The fourth-order valence-electron chi connectivity index (χ4n) is 1.57. The lowest BCUT2D eigenvalue weighted by molar-refractivity contribution is -0.499. The first-order chi connectivity index (χ1) is 7.33. The third kappa shape index (κ3) is 5.87. The Morgan fingerprint density at radius 1 is 1.33 bits per heavy atom. The molecule has 0 aromatic carbocycles. The molecule has 0 aromatic heterocycles. The fourth-order valence-corrected chi connectivity index (χ4v) is 1.57. The molecular weight excluding hydrogens is 192 g/mol. The Hall–Kier alpha value is -0.450. The molecule has 0 bridgehead atoms. The molecule has 1 rings (SSSR count). The van der Waals surface area contributed by atoms with Gasteiger partial charge in [-0.3, -0.25) is 4.90 Å². The molecule has 0 spiro atoms. The standard InChI is InChI=1S/C11H23N2O2/c1-12-5-7-13(8-6-12)4-3-9-15-11-10-14-2/h5H,3-4,6-11H2,1-2H3/q+1. The Kier molecular flexibility index (Phi) is 6.55. The van der Waals surface area contributed by atoms with Crippen molar-refractivity contribution in [1.29, 1.82) is 0 Å². The van der Waals surface area contributed by atoms with Gasteiger partial charge in [0.05, 0.1) is 26.3 Å². The van der Waals surface area contributed by atoms with E-state index in [4.69, 9.17) is 9.47 Å². The maximum Gasteiger partial charge on any atom is 0.154 e. The molecule has 0 saturated heterocycles. The van der Waals surface area contributed by atoms with E-state index in [9.17, 15) is 0 Å². The summed E-state index contributed by atoms with van der Waals surface area (Å²) in [6.45, 7) is 6.78. The van der Waals surface area contributed by atoms with Gasteiger partial charge in [-0.2, -0.15) is 0 Å². The van der Waals surface area contributed by atoms with Crippen LogP contribution in [0.25, 0.3) is 0 Å². The summed E-state index contributed by atoms with van der Waals surface area (Å²) in [7, 11) is 3.83. The molecule has 0 unspecified atom stereocenters. The topological polar surface area (TPSA) is 24.7 Å². The van der Waals surface area contributed by atoms with E-state index in [1.165, 1.54) is 6.54 Å². The monoisotopic (exact) mass is 215 g/mol. The van der Waals surface area contributed by atoms with Gasteiger partial charge < -0.3 is 9.47 Å². The molecule has 1 aliphatic rings. The Morgan fingerprint density at radius 3 is 2.87 bits per heavy atom. The number of hydrogen-bond donors (Lipinski definition) is 0. The first kappa shape index (κ1) is 12.6. The third-order valence-corrected chi connectivity index (χ3v) is 2.62. The van der Waals surface area contributed by atoms with E-state index < -0.39 is 0 Å². The Bertz CT molecular complexity index is 195. The molecule has 1 heterocycles. The van der Waals surface area contributed by atoms with Crippen LogP contribution in [0.1, 0.15) is 6.42 Å². The summed E-state index contributed by atoms with van der Waals surface area (Å²) >= 11 is 0. The minimum absolute atomic E-state index is 0.697. The third-order valence-electron chi connectivity index (χ3n) is 2.62. The number of nitrogens with zero attached hydrogens (tertiary/aromatic N) is 2. The predicted octanol–water partition coefficient (Wildman–Crippen LogP) is 0.0682. The van der Waals surface area contributed by atoms with Crippen molar-refractivity contribution in [2.75, 3.05) is 60.2 Å². The van der Waals surface area contributed by atoms with Gasteiger partial charge in [0.2, 0.25) is 0 Å². The van der Waals surface area contributed by atoms with Crippen LogP contribution < -0.4 is 0 Å². The van der Waals surface area contributed by atoms with Crippen molar-refractivity contribution in [2.24, 2.45) is 0 Å². The summed E-state index contributed by atoms with van der Waals surface area (Å²) in [4.78, 5) is 2.46. The summed E-state index contributed by atoms with van der Waals surface area (Å²) < 4.78 is 12.6.